The first kappa shape index (κ1) is 14.6. The number of nitriles is 1. The van der Waals surface area contributed by atoms with Crippen molar-refractivity contribution in [3.05, 3.63) is 58.8 Å². The minimum absolute atomic E-state index is 0.456. The number of rotatable bonds is 5. The smallest absolute Gasteiger partial charge is 0.257 e. The highest BCUT2D eigenvalue weighted by molar-refractivity contribution is 7.98. The Morgan fingerprint density at radius 3 is 2.70 bits per heavy atom. The zero-order chi connectivity index (χ0) is 14.4. The molecule has 1 aromatic heterocycles. The molecule has 0 saturated carbocycles. The van der Waals surface area contributed by atoms with E-state index in [9.17, 15) is 5.26 Å². The van der Waals surface area contributed by atoms with Crippen molar-refractivity contribution in [2.75, 3.05) is 7.11 Å². The number of ether oxygens (including phenoxy) is 1. The Labute approximate surface area is 123 Å². The Hall–Kier alpha value is -1.83. The maximum Gasteiger partial charge on any atom is 0.257 e. The molecule has 0 radical (unpaired) electrons. The summed E-state index contributed by atoms with van der Waals surface area (Å²) in [4.78, 5) is 3.28. The molecule has 0 saturated heterocycles. The molecule has 0 aliphatic rings. The Kier molecular flexibility index (Phi) is 5.16. The molecule has 0 spiro atoms. The van der Waals surface area contributed by atoms with E-state index in [0.717, 1.165) is 22.0 Å². The molecule has 20 heavy (non-hydrogen) atoms. The van der Waals surface area contributed by atoms with Gasteiger partial charge in [0.2, 0.25) is 0 Å². The summed E-state index contributed by atoms with van der Waals surface area (Å²) in [5, 5.41) is 10.3. The first-order valence-corrected chi connectivity index (χ1v) is 7.34. The van der Waals surface area contributed by atoms with Crippen LogP contribution in [0.3, 0.4) is 0 Å². The second kappa shape index (κ2) is 7.09. The molecule has 0 aliphatic heterocycles. The van der Waals surface area contributed by atoms with E-state index < -0.39 is 0 Å². The van der Waals surface area contributed by atoms with E-state index in [1.165, 1.54) is 5.56 Å². The molecular weight excluding hydrogens is 268 g/mol. The van der Waals surface area contributed by atoms with Crippen molar-refractivity contribution in [3.63, 3.8) is 0 Å². The summed E-state index contributed by atoms with van der Waals surface area (Å²) in [6, 6.07) is 14.5. The van der Waals surface area contributed by atoms with Gasteiger partial charge in [-0.25, -0.2) is 4.98 Å². The third kappa shape index (κ3) is 3.60. The van der Waals surface area contributed by atoms with E-state index in [0.29, 0.717) is 12.2 Å². The zero-order valence-corrected chi connectivity index (χ0v) is 12.5. The van der Waals surface area contributed by atoms with E-state index in [1.54, 1.807) is 18.9 Å². The average molecular weight is 285 g/mol. The molecule has 2 rings (SSSR count). The number of methoxy groups -OCH3 is 1. The molecule has 0 atom stereocenters. The summed E-state index contributed by atoms with van der Waals surface area (Å²) in [5.74, 6) is 0.835. The van der Waals surface area contributed by atoms with Gasteiger partial charge in [-0.1, -0.05) is 42.1 Å². The summed E-state index contributed by atoms with van der Waals surface area (Å²) in [6.45, 7) is 2.45. The molecular formula is C16H17N2OS+. The fourth-order valence-corrected chi connectivity index (χ4v) is 3.04. The fourth-order valence-electron chi connectivity index (χ4n) is 1.99. The Morgan fingerprint density at radius 2 is 2.05 bits per heavy atom. The number of hydrogen-bond acceptors (Lipinski definition) is 3. The molecule has 1 aromatic carbocycles. The van der Waals surface area contributed by atoms with Gasteiger partial charge in [0.1, 0.15) is 11.6 Å². The Morgan fingerprint density at radius 1 is 1.30 bits per heavy atom. The van der Waals surface area contributed by atoms with Gasteiger partial charge in [-0.15, -0.1) is 0 Å². The highest BCUT2D eigenvalue weighted by Gasteiger charge is 2.17. The summed E-state index contributed by atoms with van der Waals surface area (Å²) in [5.41, 5.74) is 3.89. The normalized spacial score (nSPS) is 10.2. The van der Waals surface area contributed by atoms with Gasteiger partial charge in [0, 0.05) is 31.4 Å². The monoisotopic (exact) mass is 285 g/mol. The summed E-state index contributed by atoms with van der Waals surface area (Å²) >= 11 is 1.65. The third-order valence-corrected chi connectivity index (χ3v) is 3.96. The summed E-state index contributed by atoms with van der Waals surface area (Å²) < 4.78 is 5.17. The van der Waals surface area contributed by atoms with E-state index in [2.05, 4.69) is 23.2 Å². The van der Waals surface area contributed by atoms with Gasteiger partial charge in [-0.3, -0.25) is 0 Å². The molecule has 2 aromatic rings. The number of aryl methyl sites for hydroxylation is 1. The molecule has 102 valence electrons. The fraction of sp³-hybridized carbons (Fsp3) is 0.250. The van der Waals surface area contributed by atoms with Crippen LogP contribution >= 0.6 is 11.8 Å². The lowest BCUT2D eigenvalue weighted by molar-refractivity contribution is -0.435. The average Bonchev–Trinajstić information content (AvgIpc) is 2.46. The van der Waals surface area contributed by atoms with Gasteiger partial charge in [-0.05, 0) is 5.56 Å². The number of nitrogens with one attached hydrogen (secondary N) is 1. The molecule has 0 bridgehead atoms. The number of aromatic amines is 1. The van der Waals surface area contributed by atoms with E-state index >= 15 is 0 Å². The van der Waals surface area contributed by atoms with Crippen LogP contribution in [0.1, 0.15) is 22.4 Å². The number of H-pyrrole nitrogens is 1. The SMILES string of the molecule is COCc1cc(C)[nH+]c(SCc2ccccc2)c1C#N. The molecule has 0 amide bonds. The highest BCUT2D eigenvalue weighted by atomic mass is 32.2. The van der Waals surface area contributed by atoms with Gasteiger partial charge in [0.15, 0.2) is 5.69 Å². The van der Waals surface area contributed by atoms with Crippen molar-refractivity contribution in [2.24, 2.45) is 0 Å². The maximum absolute atomic E-state index is 9.38. The predicted octanol–water partition coefficient (Wildman–Crippen LogP) is 3.12. The standard InChI is InChI=1S/C16H16N2OS/c1-12-8-14(10-19-2)15(9-17)16(18-12)20-11-13-6-4-3-5-7-13/h3-8H,10-11H2,1-2H3/p+1. The van der Waals surface area contributed by atoms with E-state index in [4.69, 9.17) is 4.74 Å². The van der Waals surface area contributed by atoms with E-state index in [-0.39, 0.29) is 0 Å². The second-order valence-electron chi connectivity index (χ2n) is 4.50. The molecule has 0 aliphatic carbocycles. The lowest BCUT2D eigenvalue weighted by Crippen LogP contribution is -2.15. The van der Waals surface area contributed by atoms with Crippen molar-refractivity contribution in [3.8, 4) is 6.07 Å². The van der Waals surface area contributed by atoms with Crippen LogP contribution < -0.4 is 4.98 Å². The lowest BCUT2D eigenvalue weighted by atomic mass is 10.1. The van der Waals surface area contributed by atoms with Crippen LogP contribution in [0.15, 0.2) is 41.4 Å². The van der Waals surface area contributed by atoms with Crippen molar-refractivity contribution >= 4 is 11.8 Å². The van der Waals surface area contributed by atoms with Crippen LogP contribution in [0.4, 0.5) is 0 Å². The number of thioether (sulfide) groups is 1. The van der Waals surface area contributed by atoms with Crippen LogP contribution in [0.25, 0.3) is 0 Å². The topological polar surface area (TPSA) is 47.2 Å². The summed E-state index contributed by atoms with van der Waals surface area (Å²) in [6.07, 6.45) is 0. The van der Waals surface area contributed by atoms with Gasteiger partial charge >= 0.3 is 0 Å². The Bertz CT molecular complexity index is 620. The molecule has 3 nitrogen and oxygen atoms in total. The molecule has 1 N–H and O–H groups in total. The second-order valence-corrected chi connectivity index (χ2v) is 5.49. The highest BCUT2D eigenvalue weighted by Crippen LogP contribution is 2.25. The van der Waals surface area contributed by atoms with Crippen LogP contribution in [-0.4, -0.2) is 7.11 Å². The van der Waals surface area contributed by atoms with Crippen molar-refractivity contribution < 1.29 is 9.72 Å². The first-order valence-electron chi connectivity index (χ1n) is 6.36. The van der Waals surface area contributed by atoms with Crippen molar-refractivity contribution in [2.45, 2.75) is 24.3 Å². The van der Waals surface area contributed by atoms with Gasteiger partial charge in [0.25, 0.3) is 5.03 Å². The minimum Gasteiger partial charge on any atom is -0.380 e. The zero-order valence-electron chi connectivity index (χ0n) is 11.6. The van der Waals surface area contributed by atoms with Crippen molar-refractivity contribution in [1.82, 2.24) is 0 Å². The minimum atomic E-state index is 0.456. The van der Waals surface area contributed by atoms with E-state index in [1.807, 2.05) is 31.2 Å². The Balaban J connectivity index is 2.24. The quantitative estimate of drug-likeness (QED) is 0.793. The maximum atomic E-state index is 9.38. The molecule has 0 unspecified atom stereocenters. The van der Waals surface area contributed by atoms with Crippen LogP contribution in [0.2, 0.25) is 0 Å². The van der Waals surface area contributed by atoms with Crippen LogP contribution in [-0.2, 0) is 17.1 Å². The number of benzene rings is 1. The number of aromatic nitrogens is 1. The molecule has 1 heterocycles. The first-order chi connectivity index (χ1) is 9.74. The summed E-state index contributed by atoms with van der Waals surface area (Å²) in [7, 11) is 1.64. The largest absolute Gasteiger partial charge is 0.380 e. The lowest BCUT2D eigenvalue weighted by Gasteiger charge is -2.05. The van der Waals surface area contributed by atoms with Gasteiger partial charge in [0.05, 0.1) is 6.61 Å². The van der Waals surface area contributed by atoms with Crippen molar-refractivity contribution in [1.29, 1.82) is 5.26 Å². The van der Waals surface area contributed by atoms with Crippen LogP contribution in [0.5, 0.6) is 0 Å². The third-order valence-electron chi connectivity index (χ3n) is 2.89. The van der Waals surface area contributed by atoms with Crippen LogP contribution in [0, 0.1) is 18.3 Å². The van der Waals surface area contributed by atoms with Gasteiger partial charge < -0.3 is 4.74 Å². The van der Waals surface area contributed by atoms with Gasteiger partial charge in [-0.2, -0.15) is 5.26 Å². The molecule has 0 fully saturated rings. The number of hydrogen-bond donors (Lipinski definition) is 0. The predicted molar refractivity (Wildman–Crippen MR) is 79.2 cm³/mol. The number of nitrogens with zero attached hydrogens (tertiary/aromatic N) is 1. The number of pyridine rings is 1. The molecule has 4 heteroatoms.